The van der Waals surface area contributed by atoms with E-state index in [-0.39, 0.29) is 25.5 Å². The van der Waals surface area contributed by atoms with Gasteiger partial charge in [-0.25, -0.2) is 0 Å². The van der Waals surface area contributed by atoms with E-state index >= 15 is 0 Å². The maximum Gasteiger partial charge on any atom is 0.121 e. The molecule has 0 atom stereocenters. The van der Waals surface area contributed by atoms with Gasteiger partial charge in [-0.15, -0.1) is 54.1 Å². The third kappa shape index (κ3) is 8.97. The normalized spacial score (nSPS) is 14.3. The average Bonchev–Trinajstić information content (AvgIpc) is 3.89. The van der Waals surface area contributed by atoms with E-state index in [0.29, 0.717) is 17.8 Å². The molecule has 1 radical (unpaired) electrons. The van der Waals surface area contributed by atoms with Crippen molar-refractivity contribution in [2.75, 3.05) is 0 Å². The van der Waals surface area contributed by atoms with Gasteiger partial charge in [0.05, 0.1) is 22.4 Å². The van der Waals surface area contributed by atoms with Crippen molar-refractivity contribution in [1.82, 2.24) is 14.5 Å². The van der Waals surface area contributed by atoms with Gasteiger partial charge in [0.2, 0.25) is 0 Å². The summed E-state index contributed by atoms with van der Waals surface area (Å²) >= 11 is 0. The number of pyridine rings is 1. The number of hydrogen-bond donors (Lipinski definition) is 0. The average molecular weight is 1070 g/mol. The van der Waals surface area contributed by atoms with Crippen LogP contribution in [0.25, 0.3) is 82.8 Å². The summed E-state index contributed by atoms with van der Waals surface area (Å²) in [6, 6.07) is 57.2. The molecule has 341 valence electrons. The Morgan fingerprint density at radius 2 is 1.39 bits per heavy atom. The van der Waals surface area contributed by atoms with E-state index in [9.17, 15) is 0 Å². The van der Waals surface area contributed by atoms with Crippen LogP contribution >= 0.6 is 0 Å². The van der Waals surface area contributed by atoms with Crippen LogP contribution in [-0.2, 0) is 25.5 Å². The largest absolute Gasteiger partial charge is 0.501 e. The summed E-state index contributed by atoms with van der Waals surface area (Å²) in [5.74, 6) is 2.22. The number of furan rings is 1. The van der Waals surface area contributed by atoms with Gasteiger partial charge < -0.3 is 14.0 Å². The number of nitrogens with zero attached hydrogens (tertiary/aromatic N) is 3. The van der Waals surface area contributed by atoms with Gasteiger partial charge in [-0.2, -0.15) is 0 Å². The first-order chi connectivity index (χ1) is 31.7. The Hall–Kier alpha value is -5.65. The molecule has 3 aromatic heterocycles. The predicted octanol–water partition coefficient (Wildman–Crippen LogP) is 17.4. The van der Waals surface area contributed by atoms with E-state index in [1.54, 1.807) is 0 Å². The third-order valence-electron chi connectivity index (χ3n) is 14.2. The minimum absolute atomic E-state index is 0. The first-order valence-electron chi connectivity index (χ1n) is 24.0. The molecular weight excluding hydrogens is 1010 g/mol. The summed E-state index contributed by atoms with van der Waals surface area (Å²) in [4.78, 5) is 9.87. The van der Waals surface area contributed by atoms with E-state index in [2.05, 4.69) is 186 Å². The second-order valence-corrected chi connectivity index (χ2v) is 26.4. The molecule has 1 saturated heterocycles. The first kappa shape index (κ1) is 46.5. The molecule has 11 rings (SSSR count). The van der Waals surface area contributed by atoms with Crippen LogP contribution in [-0.4, -0.2) is 22.6 Å². The molecule has 6 heteroatoms. The maximum atomic E-state index is 6.87. The van der Waals surface area contributed by atoms with Gasteiger partial charge in [0, 0.05) is 45.4 Å². The molecule has 0 N–H and O–H groups in total. The number of imidazole rings is 1. The number of rotatable bonds is 6. The molecule has 7 aromatic carbocycles. The molecule has 0 aliphatic carbocycles. The molecule has 10 aromatic rings. The van der Waals surface area contributed by atoms with Gasteiger partial charge in [0.1, 0.15) is 5.58 Å². The van der Waals surface area contributed by atoms with Crippen LogP contribution in [0.2, 0.25) is 25.2 Å². The molecule has 0 unspecified atom stereocenters. The molecule has 1 fully saturated rings. The van der Waals surface area contributed by atoms with Gasteiger partial charge in [-0.1, -0.05) is 157 Å². The molecule has 0 amide bonds. The van der Waals surface area contributed by atoms with Gasteiger partial charge in [-0.05, 0) is 110 Å². The summed E-state index contributed by atoms with van der Waals surface area (Å²) < 4.78 is 9.30. The zero-order valence-corrected chi connectivity index (χ0v) is 43.8. The van der Waals surface area contributed by atoms with Crippen LogP contribution in [0, 0.1) is 12.1 Å². The summed E-state index contributed by atoms with van der Waals surface area (Å²) in [5, 5.41) is 7.11. The molecule has 1 aliphatic heterocycles. The van der Waals surface area contributed by atoms with Crippen LogP contribution < -0.4 is 0 Å². The molecule has 4 nitrogen and oxygen atoms in total. The van der Waals surface area contributed by atoms with Gasteiger partial charge in [0.25, 0.3) is 0 Å². The zero-order chi connectivity index (χ0) is 45.9. The zero-order valence-electron chi connectivity index (χ0n) is 40.4. The molecule has 0 bridgehead atoms. The van der Waals surface area contributed by atoms with E-state index in [1.807, 2.05) is 36.5 Å². The fourth-order valence-corrected chi connectivity index (χ4v) is 12.7. The van der Waals surface area contributed by atoms with Crippen molar-refractivity contribution >= 4 is 62.6 Å². The van der Waals surface area contributed by atoms with E-state index in [0.717, 1.165) is 55.6 Å². The summed E-state index contributed by atoms with van der Waals surface area (Å²) in [6.07, 6.45) is 4.59. The Morgan fingerprint density at radius 3 is 2.07 bits per heavy atom. The van der Waals surface area contributed by atoms with Gasteiger partial charge >= 0.3 is 0 Å². The SMILES string of the molecule is CC(C)(C)c1ccc(-c2[c-]cccc2)nc1.CC(C)c1cc(C2CC[Si](C)(C)CC2)cc(C(C)C)c1-n1c(-c2[c-]ccc3c2oc2cc4c(ccc5ccccc54)cc23)nc2ccccc21.[Ir]. The van der Waals surface area contributed by atoms with Crippen molar-refractivity contribution in [1.29, 1.82) is 0 Å². The Kier molecular flexibility index (Phi) is 12.8. The van der Waals surface area contributed by atoms with E-state index < -0.39 is 8.07 Å². The number of hydrogen-bond acceptors (Lipinski definition) is 3. The Balaban J connectivity index is 0.000000281. The quantitative estimate of drug-likeness (QED) is 0.0947. The number of fused-ring (bicyclic) bond motifs is 7. The van der Waals surface area contributed by atoms with E-state index in [4.69, 9.17) is 9.40 Å². The third-order valence-corrected chi connectivity index (χ3v) is 17.4. The van der Waals surface area contributed by atoms with Crippen LogP contribution in [0.1, 0.15) is 101 Å². The fraction of sp³-hybridized carbons (Fsp3) is 0.279. The molecule has 0 saturated carbocycles. The van der Waals surface area contributed by atoms with Crippen molar-refractivity contribution in [2.24, 2.45) is 0 Å². The first-order valence-corrected chi connectivity index (χ1v) is 27.4. The van der Waals surface area contributed by atoms with Gasteiger partial charge in [-0.3, -0.25) is 4.98 Å². The second-order valence-electron chi connectivity index (χ2n) is 21.1. The van der Waals surface area contributed by atoms with Crippen molar-refractivity contribution in [3.8, 4) is 28.3 Å². The molecule has 1 aliphatic rings. The van der Waals surface area contributed by atoms with Crippen molar-refractivity contribution < 1.29 is 24.5 Å². The van der Waals surface area contributed by atoms with Crippen LogP contribution in [0.5, 0.6) is 0 Å². The Bertz CT molecular complexity index is 3350. The molecule has 4 heterocycles. The summed E-state index contributed by atoms with van der Waals surface area (Å²) in [7, 11) is -1.05. The standard InChI is InChI=1S/C46H45N2OSi.C15H16N.Ir/c1-28(2)37-25-33(30-20-22-50(5,6)23-21-30)26-38(29(3)4)44(37)48-42-17-10-9-16-41(42)47-46(48)36-15-11-14-35-40-24-32-19-18-31-12-7-8-13-34(31)39(32)27-43(40)49-45(35)36;1-15(2,3)13-9-10-14(16-11-13)12-7-5-4-6-8-12;/h7-14,16-19,24-30H,20-23H2,1-6H3;4-7,9-11H,1-3H3;/q2*-1;. The van der Waals surface area contributed by atoms with Crippen molar-refractivity contribution in [3.63, 3.8) is 0 Å². The minimum atomic E-state index is -1.05. The molecule has 67 heavy (non-hydrogen) atoms. The molecular formula is C61H61IrN3OSi-2. The number of aromatic nitrogens is 3. The smallest absolute Gasteiger partial charge is 0.121 e. The number of benzene rings is 7. The Labute approximate surface area is 411 Å². The van der Waals surface area contributed by atoms with Crippen LogP contribution in [0.15, 0.2) is 144 Å². The second kappa shape index (κ2) is 18.4. The summed E-state index contributed by atoms with van der Waals surface area (Å²) in [5.41, 5.74) is 13.8. The topological polar surface area (TPSA) is 43.9 Å². The summed E-state index contributed by atoms with van der Waals surface area (Å²) in [6.45, 7) is 21.1. The Morgan fingerprint density at radius 1 is 0.687 bits per heavy atom. The fourth-order valence-electron chi connectivity index (χ4n) is 10.2. The number of para-hydroxylation sites is 2. The van der Waals surface area contributed by atoms with E-state index in [1.165, 1.54) is 74.4 Å². The monoisotopic (exact) mass is 1070 g/mol. The minimum Gasteiger partial charge on any atom is -0.501 e. The maximum absolute atomic E-state index is 6.87. The van der Waals surface area contributed by atoms with Crippen LogP contribution in [0.4, 0.5) is 0 Å². The van der Waals surface area contributed by atoms with Crippen molar-refractivity contribution in [2.45, 2.75) is 110 Å². The molecule has 0 spiro atoms. The predicted molar refractivity (Wildman–Crippen MR) is 282 cm³/mol. The van der Waals surface area contributed by atoms with Crippen LogP contribution in [0.3, 0.4) is 0 Å². The van der Waals surface area contributed by atoms with Crippen molar-refractivity contribution in [3.05, 3.63) is 174 Å². The van der Waals surface area contributed by atoms with Gasteiger partial charge in [0.15, 0.2) is 0 Å².